The van der Waals surface area contributed by atoms with E-state index in [0.717, 1.165) is 13.1 Å². The Bertz CT molecular complexity index is 193. The lowest BCUT2D eigenvalue weighted by atomic mass is 9.97. The van der Waals surface area contributed by atoms with E-state index < -0.39 is 0 Å². The Morgan fingerprint density at radius 2 is 2.45 bits per heavy atom. The van der Waals surface area contributed by atoms with Crippen molar-refractivity contribution in [1.82, 2.24) is 10.2 Å². The number of carbonyl (C=O) groups is 1. The molecule has 3 nitrogen and oxygen atoms in total. The largest absolute Gasteiger partial charge is 0.353 e. The van der Waals surface area contributed by atoms with Crippen molar-refractivity contribution in [2.45, 2.75) is 25.3 Å². The van der Waals surface area contributed by atoms with E-state index in [9.17, 15) is 4.79 Å². The van der Waals surface area contributed by atoms with Gasteiger partial charge in [-0.05, 0) is 26.3 Å². The van der Waals surface area contributed by atoms with Crippen LogP contribution in [0.2, 0.25) is 0 Å². The van der Waals surface area contributed by atoms with Gasteiger partial charge in [-0.15, -0.1) is 0 Å². The lowest BCUT2D eigenvalue weighted by Gasteiger charge is -2.39. The van der Waals surface area contributed by atoms with E-state index in [1.165, 1.54) is 12.8 Å². The summed E-state index contributed by atoms with van der Waals surface area (Å²) in [6.45, 7) is 4.78. The zero-order chi connectivity index (χ0) is 7.90. The summed E-state index contributed by atoms with van der Waals surface area (Å²) in [7, 11) is 0. The van der Waals surface area contributed by atoms with Crippen LogP contribution in [0.3, 0.4) is 0 Å². The highest BCUT2D eigenvalue weighted by atomic mass is 16.2. The molecule has 11 heavy (non-hydrogen) atoms. The van der Waals surface area contributed by atoms with Gasteiger partial charge in [-0.2, -0.15) is 0 Å². The summed E-state index contributed by atoms with van der Waals surface area (Å²) in [5, 5.41) is 2.91. The number of hydrogen-bond acceptors (Lipinski definition) is 2. The molecule has 2 saturated heterocycles. The Morgan fingerprint density at radius 3 is 3.27 bits per heavy atom. The van der Waals surface area contributed by atoms with Gasteiger partial charge in [0.25, 0.3) is 0 Å². The smallest absolute Gasteiger partial charge is 0.234 e. The zero-order valence-corrected chi connectivity index (χ0v) is 6.89. The number of nitrogens with one attached hydrogen (secondary N) is 1. The Kier molecular flexibility index (Phi) is 1.42. The highest BCUT2D eigenvalue weighted by molar-refractivity contribution is 5.79. The molecule has 1 N–H and O–H groups in total. The van der Waals surface area contributed by atoms with Crippen LogP contribution in [-0.4, -0.2) is 36.0 Å². The number of amides is 1. The molecule has 2 fully saturated rings. The molecule has 2 aliphatic rings. The number of hydrogen-bond donors (Lipinski definition) is 1. The maximum atomic E-state index is 11.0. The molecule has 0 bridgehead atoms. The molecular weight excluding hydrogens is 140 g/mol. The average molecular weight is 154 g/mol. The molecule has 0 radical (unpaired) electrons. The Balaban J connectivity index is 2.14. The summed E-state index contributed by atoms with van der Waals surface area (Å²) < 4.78 is 0. The maximum Gasteiger partial charge on any atom is 0.234 e. The van der Waals surface area contributed by atoms with Gasteiger partial charge in [0.1, 0.15) is 0 Å². The number of rotatable bonds is 0. The molecule has 62 valence electrons. The van der Waals surface area contributed by atoms with Gasteiger partial charge in [-0.3, -0.25) is 9.69 Å². The minimum atomic E-state index is 0.185. The summed E-state index contributed by atoms with van der Waals surface area (Å²) in [4.78, 5) is 13.3. The van der Waals surface area contributed by atoms with Gasteiger partial charge in [0.2, 0.25) is 5.91 Å². The van der Waals surface area contributed by atoms with Crippen LogP contribution < -0.4 is 5.32 Å². The second kappa shape index (κ2) is 2.21. The monoisotopic (exact) mass is 154 g/mol. The SMILES string of the molecule is C[C@@]12CCCN1CC(=O)NC2. The summed E-state index contributed by atoms with van der Waals surface area (Å²) in [6, 6.07) is 0. The lowest BCUT2D eigenvalue weighted by Crippen LogP contribution is -2.58. The van der Waals surface area contributed by atoms with Crippen LogP contribution in [0.4, 0.5) is 0 Å². The molecule has 0 aromatic rings. The lowest BCUT2D eigenvalue weighted by molar-refractivity contribution is -0.126. The predicted molar refractivity (Wildman–Crippen MR) is 42.2 cm³/mol. The molecule has 0 spiro atoms. The second-order valence-electron chi connectivity index (χ2n) is 3.80. The summed E-state index contributed by atoms with van der Waals surface area (Å²) in [5.41, 5.74) is 0.272. The van der Waals surface area contributed by atoms with Crippen LogP contribution in [0, 0.1) is 0 Å². The highest BCUT2D eigenvalue weighted by Crippen LogP contribution is 2.29. The number of fused-ring (bicyclic) bond motifs is 1. The number of piperazine rings is 1. The van der Waals surface area contributed by atoms with E-state index in [0.29, 0.717) is 6.54 Å². The van der Waals surface area contributed by atoms with Crippen molar-refractivity contribution in [3.63, 3.8) is 0 Å². The quantitative estimate of drug-likeness (QED) is 0.531. The van der Waals surface area contributed by atoms with E-state index in [-0.39, 0.29) is 11.4 Å². The minimum absolute atomic E-state index is 0.185. The van der Waals surface area contributed by atoms with Crippen molar-refractivity contribution in [3.8, 4) is 0 Å². The molecule has 0 aromatic heterocycles. The number of carbonyl (C=O) groups excluding carboxylic acids is 1. The summed E-state index contributed by atoms with van der Waals surface area (Å²) in [6.07, 6.45) is 2.47. The Morgan fingerprint density at radius 1 is 1.64 bits per heavy atom. The van der Waals surface area contributed by atoms with Gasteiger partial charge < -0.3 is 5.32 Å². The van der Waals surface area contributed by atoms with Crippen molar-refractivity contribution in [2.24, 2.45) is 0 Å². The molecule has 1 amide bonds. The third kappa shape index (κ3) is 1.03. The molecular formula is C8H14N2O. The van der Waals surface area contributed by atoms with Gasteiger partial charge in [-0.25, -0.2) is 0 Å². The van der Waals surface area contributed by atoms with Crippen LogP contribution >= 0.6 is 0 Å². The Labute approximate surface area is 66.8 Å². The molecule has 2 aliphatic heterocycles. The van der Waals surface area contributed by atoms with Gasteiger partial charge in [-0.1, -0.05) is 0 Å². The van der Waals surface area contributed by atoms with Gasteiger partial charge in [0, 0.05) is 12.1 Å². The Hall–Kier alpha value is -0.570. The van der Waals surface area contributed by atoms with Crippen LogP contribution in [0.15, 0.2) is 0 Å². The fraction of sp³-hybridized carbons (Fsp3) is 0.875. The van der Waals surface area contributed by atoms with Crippen LogP contribution in [0.25, 0.3) is 0 Å². The molecule has 0 unspecified atom stereocenters. The fourth-order valence-electron chi connectivity index (χ4n) is 2.07. The minimum Gasteiger partial charge on any atom is -0.353 e. The first-order chi connectivity index (χ1) is 5.21. The third-order valence-corrected chi connectivity index (χ3v) is 2.91. The molecule has 0 aromatic carbocycles. The topological polar surface area (TPSA) is 32.3 Å². The van der Waals surface area contributed by atoms with E-state index >= 15 is 0 Å². The predicted octanol–water partition coefficient (Wildman–Crippen LogP) is -0.0293. The summed E-state index contributed by atoms with van der Waals surface area (Å²) in [5.74, 6) is 0.185. The van der Waals surface area contributed by atoms with Crippen molar-refractivity contribution < 1.29 is 4.79 Å². The van der Waals surface area contributed by atoms with Crippen LogP contribution in [-0.2, 0) is 4.79 Å². The third-order valence-electron chi connectivity index (χ3n) is 2.91. The molecule has 1 atom stereocenters. The fourth-order valence-corrected chi connectivity index (χ4v) is 2.07. The van der Waals surface area contributed by atoms with Crippen molar-refractivity contribution in [1.29, 1.82) is 0 Å². The van der Waals surface area contributed by atoms with E-state index in [4.69, 9.17) is 0 Å². The van der Waals surface area contributed by atoms with Crippen molar-refractivity contribution in [2.75, 3.05) is 19.6 Å². The molecule has 0 aliphatic carbocycles. The van der Waals surface area contributed by atoms with Crippen LogP contribution in [0.5, 0.6) is 0 Å². The van der Waals surface area contributed by atoms with Gasteiger partial charge in [0.05, 0.1) is 6.54 Å². The van der Waals surface area contributed by atoms with Gasteiger partial charge in [0.15, 0.2) is 0 Å². The maximum absolute atomic E-state index is 11.0. The average Bonchev–Trinajstić information content (AvgIpc) is 2.31. The molecule has 2 rings (SSSR count). The standard InChI is InChI=1S/C8H14N2O/c1-8-3-2-4-10(8)5-7(11)9-6-8/h2-6H2,1H3,(H,9,11)/t8-/m0/s1. The van der Waals surface area contributed by atoms with E-state index in [2.05, 4.69) is 17.1 Å². The van der Waals surface area contributed by atoms with Gasteiger partial charge >= 0.3 is 0 Å². The molecule has 0 saturated carbocycles. The van der Waals surface area contributed by atoms with Crippen molar-refractivity contribution >= 4 is 5.91 Å². The normalized spacial score (nSPS) is 38.5. The first kappa shape index (κ1) is 7.10. The first-order valence-corrected chi connectivity index (χ1v) is 4.22. The first-order valence-electron chi connectivity index (χ1n) is 4.22. The highest BCUT2D eigenvalue weighted by Gasteiger charge is 2.40. The van der Waals surface area contributed by atoms with Crippen molar-refractivity contribution in [3.05, 3.63) is 0 Å². The zero-order valence-electron chi connectivity index (χ0n) is 6.89. The molecule has 3 heteroatoms. The van der Waals surface area contributed by atoms with E-state index in [1.54, 1.807) is 0 Å². The summed E-state index contributed by atoms with van der Waals surface area (Å²) >= 11 is 0. The molecule has 2 heterocycles. The second-order valence-corrected chi connectivity index (χ2v) is 3.80. The van der Waals surface area contributed by atoms with E-state index in [1.807, 2.05) is 0 Å². The number of nitrogens with zero attached hydrogens (tertiary/aromatic N) is 1. The van der Waals surface area contributed by atoms with Crippen LogP contribution in [0.1, 0.15) is 19.8 Å².